The van der Waals surface area contributed by atoms with E-state index in [-0.39, 0.29) is 0 Å². The Morgan fingerprint density at radius 2 is 0.725 bits per heavy atom. The first kappa shape index (κ1) is 41.8. The fourth-order valence-corrected chi connectivity index (χ4v) is 17.6. The normalized spacial score (nSPS) is 15.1. The Balaban J connectivity index is 1.14. The van der Waals surface area contributed by atoms with Gasteiger partial charge in [0.1, 0.15) is 11.6 Å². The standard InChI is InChI=1S/C64H56N4Si/c1-6-23-45(24-7-1)51-36-22-37-52(46-25-8-2-9-26-46)63(51)64-65-61(67-57-38-19-16-33-53(57)54-34-17-20-39-58(54)67)44-62(66-64)68-59-40-21-18-35-55(59)56-42-41-50(43-60(56)68)69(47-27-10-3-11-28-47,48-29-12-4-13-30-48)49-31-14-5-15-32-49/h3-5,10-22,27-46H,1-2,6-9,23-26H2. The number of rotatable bonds is 9. The van der Waals surface area contributed by atoms with Crippen LogP contribution in [0, 0.1) is 0 Å². The second-order valence-electron chi connectivity index (χ2n) is 19.7. The lowest BCUT2D eigenvalue weighted by Crippen LogP contribution is -2.74. The van der Waals surface area contributed by atoms with Gasteiger partial charge in [0.05, 0.1) is 22.1 Å². The Labute approximate surface area is 406 Å². The van der Waals surface area contributed by atoms with Gasteiger partial charge in [0.25, 0.3) is 0 Å². The third-order valence-electron chi connectivity index (χ3n) is 15.9. The van der Waals surface area contributed by atoms with Crippen molar-refractivity contribution >= 4 is 72.4 Å². The van der Waals surface area contributed by atoms with Gasteiger partial charge in [0.2, 0.25) is 0 Å². The Hall–Kier alpha value is -7.34. The molecule has 0 atom stereocenters. The summed E-state index contributed by atoms with van der Waals surface area (Å²) in [6, 6.07) is 77.3. The predicted octanol–water partition coefficient (Wildman–Crippen LogP) is 13.8. The van der Waals surface area contributed by atoms with Crippen molar-refractivity contribution in [1.82, 2.24) is 19.1 Å². The van der Waals surface area contributed by atoms with Gasteiger partial charge < -0.3 is 0 Å². The van der Waals surface area contributed by atoms with Crippen LogP contribution in [0.3, 0.4) is 0 Å². The van der Waals surface area contributed by atoms with E-state index >= 15 is 0 Å². The summed E-state index contributed by atoms with van der Waals surface area (Å²) >= 11 is 0. The zero-order chi connectivity index (χ0) is 45.7. The lowest BCUT2D eigenvalue weighted by atomic mass is 9.76. The van der Waals surface area contributed by atoms with Crippen molar-refractivity contribution in [1.29, 1.82) is 0 Å². The molecule has 3 heterocycles. The van der Waals surface area contributed by atoms with Gasteiger partial charge in [-0.3, -0.25) is 9.13 Å². The molecule has 0 unspecified atom stereocenters. The number of benzene rings is 8. The summed E-state index contributed by atoms with van der Waals surface area (Å²) in [5, 5.41) is 10.3. The minimum absolute atomic E-state index is 0.490. The topological polar surface area (TPSA) is 35.6 Å². The van der Waals surface area contributed by atoms with Gasteiger partial charge in [-0.2, -0.15) is 0 Å². The monoisotopic (exact) mass is 908 g/mol. The molecule has 0 aliphatic heterocycles. The first-order chi connectivity index (χ1) is 34.3. The summed E-state index contributed by atoms with van der Waals surface area (Å²) in [5.74, 6) is 3.60. The highest BCUT2D eigenvalue weighted by Gasteiger charge is 2.42. The second-order valence-corrected chi connectivity index (χ2v) is 23.5. The summed E-state index contributed by atoms with van der Waals surface area (Å²) in [7, 11) is -2.87. The fraction of sp³-hybridized carbons (Fsp3) is 0.188. The highest BCUT2D eigenvalue weighted by Crippen LogP contribution is 2.45. The quantitative estimate of drug-likeness (QED) is 0.107. The van der Waals surface area contributed by atoms with Crippen LogP contribution in [0.15, 0.2) is 206 Å². The summed E-state index contributed by atoms with van der Waals surface area (Å²) < 4.78 is 4.88. The molecule has 3 aromatic heterocycles. The van der Waals surface area contributed by atoms with E-state index in [1.807, 2.05) is 0 Å². The fourth-order valence-electron chi connectivity index (χ4n) is 12.8. The number of nitrogens with zero attached hydrogens (tertiary/aromatic N) is 4. The van der Waals surface area contributed by atoms with Gasteiger partial charge >= 0.3 is 0 Å². The summed E-state index contributed by atoms with van der Waals surface area (Å²) in [5.41, 5.74) is 8.76. The molecule has 69 heavy (non-hydrogen) atoms. The average molecular weight is 909 g/mol. The van der Waals surface area contributed by atoms with E-state index in [9.17, 15) is 0 Å². The lowest BCUT2D eigenvalue weighted by molar-refractivity contribution is 0.436. The average Bonchev–Trinajstić information content (AvgIpc) is 3.95. The van der Waals surface area contributed by atoms with Crippen LogP contribution in [0.25, 0.3) is 66.6 Å². The smallest absolute Gasteiger partial charge is 0.179 e. The Morgan fingerprint density at radius 1 is 0.333 bits per heavy atom. The van der Waals surface area contributed by atoms with Gasteiger partial charge in [-0.1, -0.05) is 214 Å². The Kier molecular flexibility index (Phi) is 10.7. The van der Waals surface area contributed by atoms with Gasteiger partial charge in [-0.05, 0) is 93.7 Å². The van der Waals surface area contributed by atoms with Crippen LogP contribution < -0.4 is 20.7 Å². The zero-order valence-corrected chi connectivity index (χ0v) is 40.1. The van der Waals surface area contributed by atoms with E-state index in [0.717, 1.165) is 39.5 Å². The van der Waals surface area contributed by atoms with Crippen LogP contribution in [0.5, 0.6) is 0 Å². The first-order valence-electron chi connectivity index (χ1n) is 25.5. The predicted molar refractivity (Wildman–Crippen MR) is 291 cm³/mol. The molecule has 0 saturated heterocycles. The molecule has 336 valence electrons. The van der Waals surface area contributed by atoms with E-state index in [0.29, 0.717) is 11.8 Å². The molecule has 8 aromatic carbocycles. The first-order valence-corrected chi connectivity index (χ1v) is 27.5. The Morgan fingerprint density at radius 3 is 1.17 bits per heavy atom. The largest absolute Gasteiger partial charge is 0.294 e. The molecule has 2 fully saturated rings. The van der Waals surface area contributed by atoms with Crippen LogP contribution in [-0.2, 0) is 0 Å². The molecule has 2 saturated carbocycles. The van der Waals surface area contributed by atoms with Gasteiger partial charge in [-0.25, -0.2) is 9.97 Å². The minimum atomic E-state index is -2.87. The molecule has 2 aliphatic carbocycles. The van der Waals surface area contributed by atoms with E-state index in [4.69, 9.17) is 9.97 Å². The van der Waals surface area contributed by atoms with E-state index < -0.39 is 8.07 Å². The lowest BCUT2D eigenvalue weighted by Gasteiger charge is -2.34. The third-order valence-corrected chi connectivity index (χ3v) is 20.7. The summed E-state index contributed by atoms with van der Waals surface area (Å²) in [6.45, 7) is 0. The zero-order valence-electron chi connectivity index (χ0n) is 39.1. The van der Waals surface area contributed by atoms with Gasteiger partial charge in [0, 0.05) is 33.2 Å². The van der Waals surface area contributed by atoms with Crippen molar-refractivity contribution < 1.29 is 0 Å². The molecule has 0 bridgehead atoms. The molecule has 11 aromatic rings. The molecular weight excluding hydrogens is 853 g/mol. The maximum atomic E-state index is 5.94. The molecule has 4 nitrogen and oxygen atoms in total. The highest BCUT2D eigenvalue weighted by atomic mass is 28.3. The summed E-state index contributed by atoms with van der Waals surface area (Å²) in [4.78, 5) is 11.8. The van der Waals surface area contributed by atoms with Crippen molar-refractivity contribution in [2.45, 2.75) is 76.0 Å². The van der Waals surface area contributed by atoms with Crippen LogP contribution in [0.4, 0.5) is 0 Å². The second kappa shape index (κ2) is 17.6. The van der Waals surface area contributed by atoms with Crippen molar-refractivity contribution in [2.24, 2.45) is 0 Å². The van der Waals surface area contributed by atoms with Crippen molar-refractivity contribution in [3.8, 4) is 23.0 Å². The third kappa shape index (κ3) is 7.00. The van der Waals surface area contributed by atoms with E-state index in [2.05, 4.69) is 215 Å². The number of hydrogen-bond donors (Lipinski definition) is 0. The number of hydrogen-bond acceptors (Lipinski definition) is 2. The highest BCUT2D eigenvalue weighted by molar-refractivity contribution is 7.20. The molecule has 13 rings (SSSR count). The summed E-state index contributed by atoms with van der Waals surface area (Å²) in [6.07, 6.45) is 12.6. The number of fused-ring (bicyclic) bond motifs is 6. The van der Waals surface area contributed by atoms with Crippen molar-refractivity contribution in [3.05, 3.63) is 217 Å². The van der Waals surface area contributed by atoms with Crippen molar-refractivity contribution in [3.63, 3.8) is 0 Å². The van der Waals surface area contributed by atoms with Crippen LogP contribution in [0.1, 0.15) is 87.2 Å². The molecule has 0 N–H and O–H groups in total. The SMILES string of the molecule is c1ccc([Si](c2ccccc2)(c2ccccc2)c2ccc3c4ccccc4n(-c4cc(-n5c6ccccc6c6ccccc65)nc(-c5c(C6CCCCC6)cccc5C5CCCCC5)n4)c3c2)cc1. The number of para-hydroxylation sites is 3. The molecule has 2 aliphatic rings. The molecule has 5 heteroatoms. The maximum Gasteiger partial charge on any atom is 0.179 e. The van der Waals surface area contributed by atoms with Gasteiger partial charge in [0.15, 0.2) is 13.9 Å². The molecular formula is C64H56N4Si. The van der Waals surface area contributed by atoms with Gasteiger partial charge in [-0.15, -0.1) is 0 Å². The van der Waals surface area contributed by atoms with Crippen LogP contribution in [-0.4, -0.2) is 27.2 Å². The van der Waals surface area contributed by atoms with Crippen LogP contribution >= 0.6 is 0 Å². The van der Waals surface area contributed by atoms with E-state index in [1.165, 1.54) is 123 Å². The Bertz CT molecular complexity index is 3450. The van der Waals surface area contributed by atoms with E-state index in [1.54, 1.807) is 0 Å². The maximum absolute atomic E-state index is 5.94. The molecule has 0 spiro atoms. The molecule has 0 radical (unpaired) electrons. The van der Waals surface area contributed by atoms with Crippen LogP contribution in [0.2, 0.25) is 0 Å². The molecule has 0 amide bonds. The van der Waals surface area contributed by atoms with Crippen molar-refractivity contribution in [2.75, 3.05) is 0 Å². The number of aromatic nitrogens is 4. The minimum Gasteiger partial charge on any atom is -0.294 e.